The molecule has 328 valence electrons. The highest BCUT2D eigenvalue weighted by Crippen LogP contribution is 2.60. The summed E-state index contributed by atoms with van der Waals surface area (Å²) in [7, 11) is 0. The van der Waals surface area contributed by atoms with Gasteiger partial charge in [-0.2, -0.15) is 30.0 Å². The summed E-state index contributed by atoms with van der Waals surface area (Å²) in [5, 5.41) is 21.9. The third-order valence-electron chi connectivity index (χ3n) is 14.4. The van der Waals surface area contributed by atoms with Gasteiger partial charge in [-0.15, -0.1) is 0 Å². The van der Waals surface area contributed by atoms with Crippen LogP contribution in [0.3, 0.4) is 0 Å². The van der Waals surface area contributed by atoms with Crippen LogP contribution in [-0.4, -0.2) is 20.1 Å². The smallest absolute Gasteiger partial charge is 0.167 e. The Morgan fingerprint density at radius 2 is 0.894 bits per heavy atom. The monoisotopic (exact) mass is 864 g/mol. The predicted molar refractivity (Wildman–Crippen MR) is 267 cm³/mol. The minimum absolute atomic E-state index is 0.0402. The van der Waals surface area contributed by atoms with Crippen LogP contribution < -0.4 is 19.7 Å². The zero-order valence-corrected chi connectivity index (χ0v) is 38.1. The van der Waals surface area contributed by atoms with E-state index in [0.29, 0.717) is 6.54 Å². The zero-order chi connectivity index (χ0) is 44.4. The van der Waals surface area contributed by atoms with Gasteiger partial charge in [-0.05, 0) is 146 Å². The number of nitrogens with zero attached hydrogens (tertiary/aromatic N) is 8. The number of fused-ring (bicyclic) bond motifs is 2. The van der Waals surface area contributed by atoms with E-state index >= 15 is 0 Å². The van der Waals surface area contributed by atoms with Crippen LogP contribution in [0.25, 0.3) is 44.3 Å². The van der Waals surface area contributed by atoms with Crippen LogP contribution in [0, 0.1) is 28.6 Å². The molecule has 7 aromatic carbocycles. The molecule has 13 rings (SSSR count). The van der Waals surface area contributed by atoms with Crippen LogP contribution in [0.4, 0.5) is 34.1 Å². The maximum Gasteiger partial charge on any atom is 0.167 e. The molecule has 0 amide bonds. The first-order chi connectivity index (χ1) is 32.2. The van der Waals surface area contributed by atoms with E-state index in [9.17, 15) is 0 Å². The first kappa shape index (κ1) is 40.4. The van der Waals surface area contributed by atoms with Crippen LogP contribution in [-0.2, 0) is 13.1 Å². The Morgan fingerprint density at radius 3 is 1.30 bits per heavy atom. The minimum atomic E-state index is -0.0402. The van der Waals surface area contributed by atoms with Crippen LogP contribution in [0.1, 0.15) is 59.3 Å². The molecular formula is C58H56N8. The van der Waals surface area contributed by atoms with Crippen LogP contribution in [0.2, 0.25) is 0 Å². The van der Waals surface area contributed by atoms with Gasteiger partial charge in [0, 0.05) is 61.7 Å². The van der Waals surface area contributed by atoms with Crippen molar-refractivity contribution >= 4 is 56.2 Å². The summed E-state index contributed by atoms with van der Waals surface area (Å²) in [6.45, 7) is 8.24. The van der Waals surface area contributed by atoms with Crippen molar-refractivity contribution in [3.05, 3.63) is 170 Å². The van der Waals surface area contributed by atoms with Crippen molar-refractivity contribution < 1.29 is 4.80 Å². The van der Waals surface area contributed by atoms with E-state index in [2.05, 4.69) is 205 Å². The summed E-state index contributed by atoms with van der Waals surface area (Å²) in [6.07, 6.45) is 8.11. The van der Waals surface area contributed by atoms with Gasteiger partial charge < -0.3 is 9.80 Å². The number of anilines is 6. The van der Waals surface area contributed by atoms with E-state index in [-0.39, 0.29) is 10.8 Å². The van der Waals surface area contributed by atoms with Crippen LogP contribution in [0.5, 0.6) is 0 Å². The number of para-hydroxylation sites is 4. The van der Waals surface area contributed by atoms with Gasteiger partial charge in [-0.3, -0.25) is 0 Å². The molecule has 0 aliphatic heterocycles. The largest absolute Gasteiger partial charge is 0.311 e. The Kier molecular flexibility index (Phi) is 9.88. The first-order valence-corrected chi connectivity index (χ1v) is 23.9. The van der Waals surface area contributed by atoms with Gasteiger partial charge >= 0.3 is 0 Å². The summed E-state index contributed by atoms with van der Waals surface area (Å²) in [6, 6.07) is 60.2. The van der Waals surface area contributed by atoms with Gasteiger partial charge in [0.2, 0.25) is 0 Å². The van der Waals surface area contributed by atoms with Crippen LogP contribution in [0.15, 0.2) is 170 Å². The number of hydrogen-bond acceptors (Lipinski definition) is 5. The van der Waals surface area contributed by atoms with E-state index in [1.165, 1.54) is 38.5 Å². The van der Waals surface area contributed by atoms with E-state index in [1.54, 1.807) is 0 Å². The van der Waals surface area contributed by atoms with E-state index in [1.807, 2.05) is 4.80 Å². The second-order valence-electron chi connectivity index (χ2n) is 20.7. The Balaban J connectivity index is 1.04. The van der Waals surface area contributed by atoms with Gasteiger partial charge in [0.05, 0.1) is 6.54 Å². The van der Waals surface area contributed by atoms with Crippen molar-refractivity contribution in [3.63, 3.8) is 0 Å². The quantitative estimate of drug-likeness (QED) is 0.121. The van der Waals surface area contributed by atoms with Gasteiger partial charge in [-0.1, -0.05) is 118 Å². The Labute approximate surface area is 387 Å². The van der Waals surface area contributed by atoms with Gasteiger partial charge in [0.15, 0.2) is 6.54 Å². The molecule has 8 heteroatoms. The third kappa shape index (κ3) is 7.52. The highest BCUT2D eigenvalue weighted by Gasteiger charge is 2.51. The van der Waals surface area contributed by atoms with Crippen molar-refractivity contribution in [2.75, 3.05) is 9.80 Å². The van der Waals surface area contributed by atoms with Crippen molar-refractivity contribution in [1.29, 1.82) is 0 Å². The van der Waals surface area contributed by atoms with E-state index in [4.69, 9.17) is 20.4 Å². The summed E-state index contributed by atoms with van der Waals surface area (Å²) < 4.78 is 0. The molecule has 4 bridgehead atoms. The standard InChI is InChI=1S/C58H56N8/c1-57(2,3)38-63-59-53-51(43-24-28-49(29-25-43)65(45-16-8-4-9-17-45)46-18-10-5-11-19-46)55-56(62-64(61-55)39-58-35-40-32-41(36-58)34-42(33-40)37-58)52(54(53)60-63)44-26-30-50(31-27-44)66(47-20-12-6-13-21-47)48-22-14-7-15-23-48/h4-31,40-42H,32-39H2,1-3H3. The number of hydrogen-bond donors (Lipinski definition) is 0. The Hall–Kier alpha value is -7.06. The molecule has 2 heterocycles. The Morgan fingerprint density at radius 1 is 0.515 bits per heavy atom. The molecule has 0 N–H and O–H groups in total. The Bertz CT molecular complexity index is 2840. The maximum absolute atomic E-state index is 5.57. The summed E-state index contributed by atoms with van der Waals surface area (Å²) in [4.78, 5) is 8.59. The van der Waals surface area contributed by atoms with Gasteiger partial charge in [0.1, 0.15) is 11.0 Å². The number of aromatic nitrogens is 6. The molecule has 0 radical (unpaired) electrons. The van der Waals surface area contributed by atoms with E-state index < -0.39 is 0 Å². The molecule has 4 aliphatic carbocycles. The fourth-order valence-electron chi connectivity index (χ4n) is 12.2. The third-order valence-corrected chi connectivity index (χ3v) is 14.4. The second-order valence-corrected chi connectivity index (χ2v) is 20.7. The maximum atomic E-state index is 5.57. The highest BCUT2D eigenvalue weighted by atomic mass is 15.5. The fraction of sp³-hybridized carbons (Fsp3) is 0.276. The second kappa shape index (κ2) is 16.1. The van der Waals surface area contributed by atoms with Crippen LogP contribution >= 0.6 is 0 Å². The molecule has 4 aliphatic rings. The first-order valence-electron chi connectivity index (χ1n) is 23.9. The highest BCUT2D eigenvalue weighted by molar-refractivity contribution is 6.16. The minimum Gasteiger partial charge on any atom is -0.311 e. The molecule has 2 aromatic heterocycles. The van der Waals surface area contributed by atoms with Crippen molar-refractivity contribution in [3.8, 4) is 22.3 Å². The van der Waals surface area contributed by atoms with Crippen molar-refractivity contribution in [1.82, 2.24) is 25.2 Å². The van der Waals surface area contributed by atoms with Gasteiger partial charge in [0.25, 0.3) is 0 Å². The lowest BCUT2D eigenvalue weighted by atomic mass is 9.49. The average Bonchev–Trinajstić information content (AvgIpc) is 3.92. The molecule has 4 saturated carbocycles. The molecule has 0 saturated heterocycles. The summed E-state index contributed by atoms with van der Waals surface area (Å²) in [5.74, 6) is 2.53. The summed E-state index contributed by atoms with van der Waals surface area (Å²) >= 11 is 0. The zero-order valence-electron chi connectivity index (χ0n) is 38.1. The number of benzene rings is 7. The molecule has 4 fully saturated rings. The predicted octanol–water partition coefficient (Wildman–Crippen LogP) is 13.8. The summed E-state index contributed by atoms with van der Waals surface area (Å²) in [5.41, 5.74) is 14.3. The van der Waals surface area contributed by atoms with E-state index in [0.717, 1.165) is 103 Å². The molecule has 0 unspecified atom stereocenters. The van der Waals surface area contributed by atoms with Crippen molar-refractivity contribution in [2.24, 2.45) is 28.6 Å². The molecule has 66 heavy (non-hydrogen) atoms. The fourth-order valence-corrected chi connectivity index (χ4v) is 12.2. The molecule has 9 aromatic rings. The molecule has 0 atom stereocenters. The van der Waals surface area contributed by atoms with Gasteiger partial charge in [-0.25, -0.2) is 0 Å². The molecular weight excluding hydrogens is 809 g/mol. The lowest BCUT2D eigenvalue weighted by molar-refractivity contribution is -0.813. The lowest BCUT2D eigenvalue weighted by Gasteiger charge is -2.56. The molecule has 0 spiro atoms. The lowest BCUT2D eigenvalue weighted by Crippen LogP contribution is -2.48. The normalized spacial score (nSPS) is 20.0. The van der Waals surface area contributed by atoms with Crippen molar-refractivity contribution in [2.45, 2.75) is 72.4 Å². The number of rotatable bonds is 11. The topological polar surface area (TPSA) is 68.1 Å². The SMILES string of the molecule is CC(C)(C)C[n+]1nc2c(-c3ccc(N(c4ccccc4)c4ccccc4)cc3)c3nn(CC45CC6CC(CC(C6)C4)C5)nc3c(-c3ccc(N(c4ccccc4)c4ccccc4)cc3)c2[n-]1. The average molecular weight is 865 g/mol. The molecule has 8 nitrogen and oxygen atoms in total.